The summed E-state index contributed by atoms with van der Waals surface area (Å²) in [5, 5.41) is 5.58. The minimum absolute atomic E-state index is 0.125. The molecule has 0 radical (unpaired) electrons. The lowest BCUT2D eigenvalue weighted by Crippen LogP contribution is -2.29. The van der Waals surface area contributed by atoms with E-state index in [1.165, 1.54) is 24.3 Å². The Morgan fingerprint density at radius 3 is 2.36 bits per heavy atom. The van der Waals surface area contributed by atoms with Crippen LogP contribution in [0.2, 0.25) is 0 Å². The number of amides is 2. The molecule has 1 aliphatic rings. The number of benzene rings is 2. The minimum Gasteiger partial charge on any atom is -0.493 e. The molecule has 7 heteroatoms. The largest absolute Gasteiger partial charge is 0.493 e. The number of hydrogen-bond acceptors (Lipinski definition) is 4. The molecule has 1 saturated carbocycles. The number of hydrogen-bond donors (Lipinski definition) is 2. The van der Waals surface area contributed by atoms with E-state index in [4.69, 9.17) is 9.47 Å². The molecule has 2 aromatic rings. The third kappa shape index (κ3) is 4.79. The first-order chi connectivity index (χ1) is 13.5. The highest BCUT2D eigenvalue weighted by Crippen LogP contribution is 2.39. The third-order valence-corrected chi connectivity index (χ3v) is 4.74. The zero-order valence-electron chi connectivity index (χ0n) is 15.8. The van der Waals surface area contributed by atoms with Crippen LogP contribution in [0, 0.1) is 17.7 Å². The van der Waals surface area contributed by atoms with E-state index < -0.39 is 0 Å². The van der Waals surface area contributed by atoms with Gasteiger partial charge >= 0.3 is 0 Å². The molecular weight excluding hydrogens is 363 g/mol. The van der Waals surface area contributed by atoms with Crippen LogP contribution in [0.4, 0.5) is 10.1 Å². The van der Waals surface area contributed by atoms with Crippen molar-refractivity contribution in [2.45, 2.75) is 12.8 Å². The van der Waals surface area contributed by atoms with Crippen molar-refractivity contribution in [3.8, 4) is 11.5 Å². The van der Waals surface area contributed by atoms with Crippen molar-refractivity contribution < 1.29 is 23.5 Å². The molecule has 0 aromatic heterocycles. The van der Waals surface area contributed by atoms with E-state index in [0.29, 0.717) is 36.6 Å². The summed E-state index contributed by atoms with van der Waals surface area (Å²) in [5.74, 6) is -0.0613. The second-order valence-electron chi connectivity index (χ2n) is 6.68. The van der Waals surface area contributed by atoms with Crippen LogP contribution in [0.3, 0.4) is 0 Å². The Kier molecular flexibility index (Phi) is 6.13. The van der Waals surface area contributed by atoms with E-state index >= 15 is 0 Å². The second-order valence-corrected chi connectivity index (χ2v) is 6.68. The van der Waals surface area contributed by atoms with Crippen LogP contribution in [0.5, 0.6) is 11.5 Å². The van der Waals surface area contributed by atoms with Crippen LogP contribution >= 0.6 is 0 Å². The number of rotatable bonds is 8. The van der Waals surface area contributed by atoms with E-state index in [1.807, 2.05) is 18.2 Å². The van der Waals surface area contributed by atoms with Crippen LogP contribution in [0.15, 0.2) is 42.5 Å². The zero-order valence-corrected chi connectivity index (χ0v) is 15.8. The van der Waals surface area contributed by atoms with E-state index in [-0.39, 0.29) is 29.5 Å². The lowest BCUT2D eigenvalue weighted by atomic mass is 10.1. The molecule has 6 nitrogen and oxygen atoms in total. The normalized spacial score (nSPS) is 17.5. The molecular formula is C21H23FN2O4. The Morgan fingerprint density at radius 2 is 1.68 bits per heavy atom. The topological polar surface area (TPSA) is 76.7 Å². The van der Waals surface area contributed by atoms with Crippen molar-refractivity contribution in [3.05, 3.63) is 53.8 Å². The minimum atomic E-state index is -0.365. The third-order valence-electron chi connectivity index (χ3n) is 4.74. The Bertz CT molecular complexity index is 854. The number of methoxy groups -OCH3 is 2. The van der Waals surface area contributed by atoms with E-state index in [1.54, 1.807) is 14.2 Å². The molecule has 2 aromatic carbocycles. The van der Waals surface area contributed by atoms with E-state index in [0.717, 1.165) is 5.56 Å². The molecule has 148 valence electrons. The fourth-order valence-electron chi connectivity index (χ4n) is 3.04. The Labute approximate surface area is 163 Å². The first kappa shape index (κ1) is 19.7. The quantitative estimate of drug-likeness (QED) is 0.732. The summed E-state index contributed by atoms with van der Waals surface area (Å²) in [5.41, 5.74) is 1.53. The number of anilines is 1. The van der Waals surface area contributed by atoms with Gasteiger partial charge in [-0.25, -0.2) is 4.39 Å². The molecule has 2 atom stereocenters. The average molecular weight is 386 g/mol. The molecule has 2 unspecified atom stereocenters. The number of carbonyl (C=O) groups is 2. The number of nitrogens with one attached hydrogen (secondary N) is 2. The first-order valence-electron chi connectivity index (χ1n) is 9.07. The summed E-state index contributed by atoms with van der Waals surface area (Å²) in [6.07, 6.45) is 1.17. The average Bonchev–Trinajstić information content (AvgIpc) is 3.50. The van der Waals surface area contributed by atoms with Gasteiger partial charge in [0.15, 0.2) is 11.5 Å². The van der Waals surface area contributed by atoms with Gasteiger partial charge in [0.05, 0.1) is 26.1 Å². The van der Waals surface area contributed by atoms with Crippen molar-refractivity contribution in [1.82, 2.24) is 5.32 Å². The van der Waals surface area contributed by atoms with Gasteiger partial charge in [0.1, 0.15) is 5.82 Å². The fourth-order valence-corrected chi connectivity index (χ4v) is 3.04. The molecule has 0 heterocycles. The number of carbonyl (C=O) groups excluding carboxylic acids is 2. The van der Waals surface area contributed by atoms with Crippen LogP contribution in [-0.2, 0) is 16.0 Å². The monoisotopic (exact) mass is 386 g/mol. The van der Waals surface area contributed by atoms with Gasteiger partial charge in [0.25, 0.3) is 0 Å². The molecule has 0 spiro atoms. The molecule has 0 aliphatic heterocycles. The Morgan fingerprint density at radius 1 is 1.00 bits per heavy atom. The predicted octanol–water partition coefficient (Wildman–Crippen LogP) is 2.78. The lowest BCUT2D eigenvalue weighted by Gasteiger charge is -2.10. The Hall–Kier alpha value is -3.09. The van der Waals surface area contributed by atoms with Crippen molar-refractivity contribution in [3.63, 3.8) is 0 Å². The van der Waals surface area contributed by atoms with Crippen LogP contribution < -0.4 is 20.1 Å². The highest BCUT2D eigenvalue weighted by Gasteiger charge is 2.47. The second kappa shape index (κ2) is 8.73. The van der Waals surface area contributed by atoms with E-state index in [9.17, 15) is 14.0 Å². The maximum absolute atomic E-state index is 12.9. The summed E-state index contributed by atoms with van der Waals surface area (Å²) in [7, 11) is 3.16. The SMILES string of the molecule is COc1ccc(CCNC(=O)C2CC2C(=O)Nc2ccc(F)cc2)cc1OC. The molecule has 28 heavy (non-hydrogen) atoms. The van der Waals surface area contributed by atoms with Crippen molar-refractivity contribution in [2.75, 3.05) is 26.1 Å². The highest BCUT2D eigenvalue weighted by molar-refractivity contribution is 5.99. The molecule has 0 saturated heterocycles. The smallest absolute Gasteiger partial charge is 0.228 e. The Balaban J connectivity index is 1.43. The van der Waals surface area contributed by atoms with Gasteiger partial charge in [-0.1, -0.05) is 6.07 Å². The van der Waals surface area contributed by atoms with Crippen LogP contribution in [0.1, 0.15) is 12.0 Å². The molecule has 0 bridgehead atoms. The zero-order chi connectivity index (χ0) is 20.1. The van der Waals surface area contributed by atoms with Gasteiger partial charge in [0.2, 0.25) is 11.8 Å². The summed E-state index contributed by atoms with van der Waals surface area (Å²) in [6, 6.07) is 11.2. The van der Waals surface area contributed by atoms with Gasteiger partial charge < -0.3 is 20.1 Å². The number of halogens is 1. The van der Waals surface area contributed by atoms with Gasteiger partial charge in [-0.15, -0.1) is 0 Å². The molecule has 3 rings (SSSR count). The lowest BCUT2D eigenvalue weighted by molar-refractivity contribution is -0.125. The molecule has 1 aliphatic carbocycles. The summed E-state index contributed by atoms with van der Waals surface area (Å²) < 4.78 is 23.4. The van der Waals surface area contributed by atoms with Gasteiger partial charge in [-0.05, 0) is 54.8 Å². The molecule has 2 N–H and O–H groups in total. The van der Waals surface area contributed by atoms with Crippen molar-refractivity contribution >= 4 is 17.5 Å². The van der Waals surface area contributed by atoms with E-state index in [2.05, 4.69) is 10.6 Å². The number of ether oxygens (including phenoxy) is 2. The van der Waals surface area contributed by atoms with Gasteiger partial charge in [0, 0.05) is 12.2 Å². The maximum Gasteiger partial charge on any atom is 0.228 e. The summed E-state index contributed by atoms with van der Waals surface area (Å²) >= 11 is 0. The van der Waals surface area contributed by atoms with Crippen LogP contribution in [-0.4, -0.2) is 32.6 Å². The van der Waals surface area contributed by atoms with Crippen molar-refractivity contribution in [2.24, 2.45) is 11.8 Å². The predicted molar refractivity (Wildman–Crippen MR) is 103 cm³/mol. The first-order valence-corrected chi connectivity index (χ1v) is 9.07. The summed E-state index contributed by atoms with van der Waals surface area (Å²) in [6.45, 7) is 0.469. The molecule has 2 amide bonds. The molecule has 1 fully saturated rings. The van der Waals surface area contributed by atoms with Crippen LogP contribution in [0.25, 0.3) is 0 Å². The van der Waals surface area contributed by atoms with Gasteiger partial charge in [-0.3, -0.25) is 9.59 Å². The van der Waals surface area contributed by atoms with Crippen molar-refractivity contribution in [1.29, 1.82) is 0 Å². The standard InChI is InChI=1S/C21H23FN2O4/c1-27-18-8-3-13(11-19(18)28-2)9-10-23-20(25)16-12-17(16)21(26)24-15-6-4-14(22)5-7-15/h3-8,11,16-17H,9-10,12H2,1-2H3,(H,23,25)(H,24,26). The fraction of sp³-hybridized carbons (Fsp3) is 0.333. The van der Waals surface area contributed by atoms with Gasteiger partial charge in [-0.2, -0.15) is 0 Å². The maximum atomic E-state index is 12.9. The highest BCUT2D eigenvalue weighted by atomic mass is 19.1. The summed E-state index contributed by atoms with van der Waals surface area (Å²) in [4.78, 5) is 24.4.